The second-order valence-electron chi connectivity index (χ2n) is 5.01. The van der Waals surface area contributed by atoms with Crippen molar-refractivity contribution in [1.82, 2.24) is 0 Å². The molecule has 0 aliphatic heterocycles. The average molecular weight is 256 g/mol. The molecule has 2 rings (SSSR count). The van der Waals surface area contributed by atoms with Gasteiger partial charge in [0.2, 0.25) is 0 Å². The van der Waals surface area contributed by atoms with Crippen LogP contribution < -0.4 is 0 Å². The molecule has 0 heterocycles. The average Bonchev–Trinajstić information content (AvgIpc) is 2.40. The highest BCUT2D eigenvalue weighted by molar-refractivity contribution is 5.31. The summed E-state index contributed by atoms with van der Waals surface area (Å²) in [5.74, 6) is 0. The molecule has 0 fully saturated rings. The van der Waals surface area contributed by atoms with Gasteiger partial charge in [0, 0.05) is 0 Å². The second-order valence-corrected chi connectivity index (χ2v) is 5.01. The molecule has 2 heteroatoms. The number of hydrogen-bond acceptors (Lipinski definition) is 2. The fourth-order valence-electron chi connectivity index (χ4n) is 2.06. The summed E-state index contributed by atoms with van der Waals surface area (Å²) in [6.45, 7) is 3.54. The normalized spacial score (nSPS) is 14.1. The molecule has 0 amide bonds. The SMILES string of the molecule is C[C@@H](O)c1ccc(Cc2ccc([C@@H](C)O)cc2)cc1. The summed E-state index contributed by atoms with van der Waals surface area (Å²) < 4.78 is 0. The maximum absolute atomic E-state index is 9.46. The first kappa shape index (κ1) is 13.8. The first-order chi connectivity index (χ1) is 9.06. The highest BCUT2D eigenvalue weighted by atomic mass is 16.3. The third kappa shape index (κ3) is 3.66. The van der Waals surface area contributed by atoms with Crippen LogP contribution in [0.4, 0.5) is 0 Å². The molecule has 0 radical (unpaired) electrons. The van der Waals surface area contributed by atoms with E-state index in [1.54, 1.807) is 13.8 Å². The van der Waals surface area contributed by atoms with Crippen molar-refractivity contribution < 1.29 is 10.2 Å². The van der Waals surface area contributed by atoms with Crippen molar-refractivity contribution in [3.05, 3.63) is 70.8 Å². The van der Waals surface area contributed by atoms with Crippen LogP contribution in [0.15, 0.2) is 48.5 Å². The van der Waals surface area contributed by atoms with Gasteiger partial charge in [0.15, 0.2) is 0 Å². The standard InChI is InChI=1S/C17H20O2/c1-12(18)16-7-3-14(4-8-16)11-15-5-9-17(10-6-15)13(2)19/h3-10,12-13,18-19H,11H2,1-2H3/t12-,13-/m1/s1. The van der Waals surface area contributed by atoms with E-state index in [0.717, 1.165) is 17.5 Å². The lowest BCUT2D eigenvalue weighted by molar-refractivity contribution is 0.199. The molecule has 100 valence electrons. The van der Waals surface area contributed by atoms with Crippen LogP contribution in [0.2, 0.25) is 0 Å². The third-order valence-corrected chi connectivity index (χ3v) is 3.33. The Morgan fingerprint density at radius 2 is 1.00 bits per heavy atom. The lowest BCUT2D eigenvalue weighted by atomic mass is 10.0. The minimum atomic E-state index is -0.417. The van der Waals surface area contributed by atoms with Gasteiger partial charge in [-0.15, -0.1) is 0 Å². The largest absolute Gasteiger partial charge is 0.389 e. The molecule has 2 aromatic rings. The topological polar surface area (TPSA) is 40.5 Å². The summed E-state index contributed by atoms with van der Waals surface area (Å²) in [6, 6.07) is 16.0. The molecular formula is C17H20O2. The molecule has 19 heavy (non-hydrogen) atoms. The van der Waals surface area contributed by atoms with Crippen molar-refractivity contribution in [2.75, 3.05) is 0 Å². The van der Waals surface area contributed by atoms with Crippen molar-refractivity contribution in [2.24, 2.45) is 0 Å². The van der Waals surface area contributed by atoms with Gasteiger partial charge >= 0.3 is 0 Å². The molecule has 0 bridgehead atoms. The van der Waals surface area contributed by atoms with Gasteiger partial charge in [0.25, 0.3) is 0 Å². The highest BCUT2D eigenvalue weighted by Gasteiger charge is 2.03. The molecule has 2 atom stereocenters. The van der Waals surface area contributed by atoms with Gasteiger partial charge < -0.3 is 10.2 Å². The van der Waals surface area contributed by atoms with E-state index in [1.165, 1.54) is 11.1 Å². The van der Waals surface area contributed by atoms with Crippen molar-refractivity contribution in [1.29, 1.82) is 0 Å². The van der Waals surface area contributed by atoms with Crippen molar-refractivity contribution >= 4 is 0 Å². The van der Waals surface area contributed by atoms with Crippen LogP contribution >= 0.6 is 0 Å². The fraction of sp³-hybridized carbons (Fsp3) is 0.294. The van der Waals surface area contributed by atoms with Crippen LogP contribution in [0.1, 0.15) is 48.3 Å². The van der Waals surface area contributed by atoms with Gasteiger partial charge in [0.1, 0.15) is 0 Å². The monoisotopic (exact) mass is 256 g/mol. The molecule has 0 saturated carbocycles. The van der Waals surface area contributed by atoms with Crippen LogP contribution in [-0.4, -0.2) is 10.2 Å². The van der Waals surface area contributed by atoms with E-state index in [1.807, 2.05) is 48.5 Å². The van der Waals surface area contributed by atoms with Crippen LogP contribution in [0, 0.1) is 0 Å². The summed E-state index contributed by atoms with van der Waals surface area (Å²) in [5.41, 5.74) is 4.31. The molecule has 0 unspecified atom stereocenters. The lowest BCUT2D eigenvalue weighted by Gasteiger charge is -2.08. The molecule has 2 N–H and O–H groups in total. The van der Waals surface area contributed by atoms with E-state index in [0.29, 0.717) is 0 Å². The summed E-state index contributed by atoms with van der Waals surface area (Å²) >= 11 is 0. The molecule has 0 spiro atoms. The minimum Gasteiger partial charge on any atom is -0.389 e. The zero-order valence-corrected chi connectivity index (χ0v) is 11.4. The molecular weight excluding hydrogens is 236 g/mol. The van der Waals surface area contributed by atoms with E-state index in [-0.39, 0.29) is 0 Å². The van der Waals surface area contributed by atoms with E-state index in [9.17, 15) is 10.2 Å². The van der Waals surface area contributed by atoms with Gasteiger partial charge in [-0.2, -0.15) is 0 Å². The molecule has 0 aromatic heterocycles. The Bertz CT molecular complexity index is 460. The van der Waals surface area contributed by atoms with Crippen molar-refractivity contribution in [3.63, 3.8) is 0 Å². The number of benzene rings is 2. The Hall–Kier alpha value is -1.64. The fourth-order valence-corrected chi connectivity index (χ4v) is 2.06. The van der Waals surface area contributed by atoms with Crippen LogP contribution in [0.3, 0.4) is 0 Å². The van der Waals surface area contributed by atoms with Gasteiger partial charge in [-0.05, 0) is 42.5 Å². The minimum absolute atomic E-state index is 0.417. The molecule has 2 aromatic carbocycles. The van der Waals surface area contributed by atoms with Gasteiger partial charge in [-0.1, -0.05) is 48.5 Å². The molecule has 0 saturated heterocycles. The molecule has 0 aliphatic carbocycles. The number of aliphatic hydroxyl groups is 2. The maximum atomic E-state index is 9.46. The van der Waals surface area contributed by atoms with E-state index in [4.69, 9.17) is 0 Å². The third-order valence-electron chi connectivity index (χ3n) is 3.33. The Labute approximate surface area is 114 Å². The quantitative estimate of drug-likeness (QED) is 0.880. The van der Waals surface area contributed by atoms with E-state index in [2.05, 4.69) is 0 Å². The summed E-state index contributed by atoms with van der Waals surface area (Å²) in [5, 5.41) is 18.9. The van der Waals surface area contributed by atoms with Crippen molar-refractivity contribution in [3.8, 4) is 0 Å². The zero-order valence-electron chi connectivity index (χ0n) is 11.4. The van der Waals surface area contributed by atoms with Gasteiger partial charge in [-0.25, -0.2) is 0 Å². The zero-order chi connectivity index (χ0) is 13.8. The summed E-state index contributed by atoms with van der Waals surface area (Å²) in [4.78, 5) is 0. The predicted octanol–water partition coefficient (Wildman–Crippen LogP) is 3.38. The summed E-state index contributed by atoms with van der Waals surface area (Å²) in [7, 11) is 0. The van der Waals surface area contributed by atoms with E-state index < -0.39 is 12.2 Å². The second kappa shape index (κ2) is 6.00. The van der Waals surface area contributed by atoms with Crippen molar-refractivity contribution in [2.45, 2.75) is 32.5 Å². The predicted molar refractivity (Wildman–Crippen MR) is 77.0 cm³/mol. The van der Waals surface area contributed by atoms with Crippen LogP contribution in [0.5, 0.6) is 0 Å². The lowest BCUT2D eigenvalue weighted by Crippen LogP contribution is -1.94. The van der Waals surface area contributed by atoms with Crippen LogP contribution in [-0.2, 0) is 6.42 Å². The Morgan fingerprint density at radius 1 is 0.684 bits per heavy atom. The highest BCUT2D eigenvalue weighted by Crippen LogP contribution is 2.17. The molecule has 2 nitrogen and oxygen atoms in total. The number of aliphatic hydroxyl groups excluding tert-OH is 2. The first-order valence-electron chi connectivity index (χ1n) is 6.60. The number of hydrogen-bond donors (Lipinski definition) is 2. The Kier molecular flexibility index (Phi) is 4.35. The van der Waals surface area contributed by atoms with E-state index >= 15 is 0 Å². The Balaban J connectivity index is 2.08. The number of rotatable bonds is 4. The van der Waals surface area contributed by atoms with Gasteiger partial charge in [-0.3, -0.25) is 0 Å². The first-order valence-corrected chi connectivity index (χ1v) is 6.60. The smallest absolute Gasteiger partial charge is 0.0761 e. The summed E-state index contributed by atoms with van der Waals surface area (Å²) in [6.07, 6.45) is 0.0268. The van der Waals surface area contributed by atoms with Gasteiger partial charge in [0.05, 0.1) is 12.2 Å². The van der Waals surface area contributed by atoms with Crippen LogP contribution in [0.25, 0.3) is 0 Å². The Morgan fingerprint density at radius 3 is 1.26 bits per heavy atom. The molecule has 0 aliphatic rings. The maximum Gasteiger partial charge on any atom is 0.0761 e.